The molecule has 2 aromatic heterocycles. The number of aryl methyl sites for hydroxylation is 1. The fraction of sp³-hybridized carbons (Fsp3) is 0.176. The molecule has 0 N–H and O–H groups in total. The van der Waals surface area contributed by atoms with Gasteiger partial charge in [0.25, 0.3) is 0 Å². The van der Waals surface area contributed by atoms with Crippen molar-refractivity contribution in [3.63, 3.8) is 0 Å². The van der Waals surface area contributed by atoms with E-state index in [1.165, 1.54) is 0 Å². The van der Waals surface area contributed by atoms with Crippen LogP contribution in [0.3, 0.4) is 0 Å². The van der Waals surface area contributed by atoms with Crippen molar-refractivity contribution in [2.75, 3.05) is 0 Å². The summed E-state index contributed by atoms with van der Waals surface area (Å²) in [5.41, 5.74) is 4.30. The number of halogens is 1. The van der Waals surface area contributed by atoms with E-state index >= 15 is 4.39 Å². The summed E-state index contributed by atoms with van der Waals surface area (Å²) < 4.78 is 41.6. The van der Waals surface area contributed by atoms with Gasteiger partial charge in [-0.25, -0.2) is 8.96 Å². The van der Waals surface area contributed by atoms with Crippen molar-refractivity contribution in [2.24, 2.45) is 7.05 Å². The zero-order valence-electron chi connectivity index (χ0n) is 24.0. The van der Waals surface area contributed by atoms with Crippen molar-refractivity contribution in [3.8, 4) is 28.5 Å². The van der Waals surface area contributed by atoms with Gasteiger partial charge >= 0.3 is 0 Å². The Bertz CT molecular complexity index is 2030. The molecule has 0 saturated heterocycles. The van der Waals surface area contributed by atoms with E-state index in [1.54, 1.807) is 17.7 Å². The van der Waals surface area contributed by atoms with Crippen LogP contribution < -0.4 is 4.57 Å². The van der Waals surface area contributed by atoms with Crippen molar-refractivity contribution in [3.05, 3.63) is 101 Å². The molecule has 0 fully saturated rings. The molecule has 6 rings (SSSR count). The summed E-state index contributed by atoms with van der Waals surface area (Å²) in [7, 11) is 1.69. The number of pyridine rings is 1. The molecule has 0 aliphatic heterocycles. The van der Waals surface area contributed by atoms with Crippen LogP contribution in [0.4, 0.5) is 4.39 Å². The molecule has 186 valence electrons. The second-order valence-electron chi connectivity index (χ2n) is 10.9. The zero-order valence-corrected chi connectivity index (χ0v) is 22.0. The van der Waals surface area contributed by atoms with Gasteiger partial charge < -0.3 is 4.42 Å². The highest BCUT2D eigenvalue weighted by atomic mass is 19.1. The average Bonchev–Trinajstić information content (AvgIpc) is 3.30. The third-order valence-corrected chi connectivity index (χ3v) is 7.23. The van der Waals surface area contributed by atoms with Crippen molar-refractivity contribution >= 4 is 32.7 Å². The number of fused-ring (bicyclic) bond motifs is 4. The number of nitriles is 1. The highest BCUT2D eigenvalue weighted by Gasteiger charge is 2.28. The van der Waals surface area contributed by atoms with Crippen LogP contribution in [0, 0.1) is 24.1 Å². The summed E-state index contributed by atoms with van der Waals surface area (Å²) in [6, 6.07) is 23.8. The van der Waals surface area contributed by atoms with Gasteiger partial charge in [0.05, 0.1) is 24.1 Å². The summed E-state index contributed by atoms with van der Waals surface area (Å²) in [6.07, 6.45) is 0.0205. The average molecular weight is 502 g/mol. The summed E-state index contributed by atoms with van der Waals surface area (Å²) >= 11 is 0. The van der Waals surface area contributed by atoms with Crippen molar-refractivity contribution < 1.29 is 16.1 Å². The van der Waals surface area contributed by atoms with E-state index in [-0.39, 0.29) is 23.5 Å². The van der Waals surface area contributed by atoms with Gasteiger partial charge in [-0.1, -0.05) is 69.3 Å². The van der Waals surface area contributed by atoms with E-state index in [0.29, 0.717) is 27.9 Å². The Morgan fingerprint density at radius 3 is 2.32 bits per heavy atom. The SMILES string of the molecule is [2H]c1c(F)c(C(C)(C)C)c([2H])[n+](C)c1-c1c(C)ccc2c1oc1c(-c3ccc4ccccc4c3)c(C#N)ccc12. The maximum atomic E-state index is 15.7. The standard InChI is InChI=1S/C34H28FN2O/c1-20-10-14-25-26-15-13-24(18-36)31(23-12-11-21-8-6-7-9-22(21)16-23)33(26)38-32(25)30(20)29-17-28(35)27(19-37(29)5)34(2,3)4/h6-17,19H,1-5H3/q+1/i17D,19D. The molecule has 0 aliphatic rings. The summed E-state index contributed by atoms with van der Waals surface area (Å²) in [4.78, 5) is 0. The highest BCUT2D eigenvalue weighted by Crippen LogP contribution is 2.42. The number of aromatic nitrogens is 1. The van der Waals surface area contributed by atoms with E-state index in [9.17, 15) is 5.26 Å². The van der Waals surface area contributed by atoms with Crippen LogP contribution in [-0.2, 0) is 12.5 Å². The molecule has 0 bridgehead atoms. The third-order valence-electron chi connectivity index (χ3n) is 7.23. The molecule has 6 aromatic rings. The summed E-state index contributed by atoms with van der Waals surface area (Å²) in [5, 5.41) is 13.8. The molecule has 0 aliphatic carbocycles. The molecule has 3 nitrogen and oxygen atoms in total. The normalized spacial score (nSPS) is 12.7. The Morgan fingerprint density at radius 2 is 1.61 bits per heavy atom. The van der Waals surface area contributed by atoms with Crippen molar-refractivity contribution in [1.29, 1.82) is 5.26 Å². The van der Waals surface area contributed by atoms with E-state index in [0.717, 1.165) is 32.7 Å². The number of nitrogens with zero attached hydrogens (tertiary/aromatic N) is 2. The molecule has 2 heterocycles. The maximum Gasteiger partial charge on any atom is 0.219 e. The van der Waals surface area contributed by atoms with E-state index < -0.39 is 11.2 Å². The first-order valence-corrected chi connectivity index (χ1v) is 12.6. The lowest BCUT2D eigenvalue weighted by Crippen LogP contribution is -2.34. The van der Waals surface area contributed by atoms with Crippen LogP contribution in [0.1, 0.15) is 40.2 Å². The van der Waals surface area contributed by atoms with Gasteiger partial charge in [0.1, 0.15) is 25.4 Å². The molecule has 0 atom stereocenters. The first-order chi connectivity index (χ1) is 19.0. The minimum absolute atomic E-state index is 0.0205. The highest BCUT2D eigenvalue weighted by molar-refractivity contribution is 6.14. The predicted octanol–water partition coefficient (Wildman–Crippen LogP) is 8.51. The Hall–Kier alpha value is -4.49. The first kappa shape index (κ1) is 21.6. The summed E-state index contributed by atoms with van der Waals surface area (Å²) in [5.74, 6) is -0.693. The maximum absolute atomic E-state index is 15.7. The lowest BCUT2D eigenvalue weighted by Gasteiger charge is -2.18. The molecule has 0 unspecified atom stereocenters. The number of hydrogen-bond acceptors (Lipinski definition) is 2. The Kier molecular flexibility index (Phi) is 4.85. The second kappa shape index (κ2) is 8.53. The third kappa shape index (κ3) is 3.66. The zero-order chi connectivity index (χ0) is 28.5. The first-order valence-electron chi connectivity index (χ1n) is 13.6. The van der Waals surface area contributed by atoms with E-state index in [1.807, 2.05) is 82.3 Å². The molecular weight excluding hydrogens is 471 g/mol. The van der Waals surface area contributed by atoms with Gasteiger partial charge in [0.2, 0.25) is 5.69 Å². The van der Waals surface area contributed by atoms with Crippen molar-refractivity contribution in [1.82, 2.24) is 0 Å². The van der Waals surface area contributed by atoms with Gasteiger partial charge in [-0.15, -0.1) is 0 Å². The molecule has 0 spiro atoms. The predicted molar refractivity (Wildman–Crippen MR) is 151 cm³/mol. The lowest BCUT2D eigenvalue weighted by molar-refractivity contribution is -0.661. The fourth-order valence-corrected chi connectivity index (χ4v) is 5.27. The van der Waals surface area contributed by atoms with Crippen LogP contribution >= 0.6 is 0 Å². The molecule has 4 aromatic carbocycles. The molecule has 38 heavy (non-hydrogen) atoms. The van der Waals surface area contributed by atoms with Crippen LogP contribution in [0.15, 0.2) is 83.4 Å². The number of furan rings is 1. The topological polar surface area (TPSA) is 40.8 Å². The molecule has 0 amide bonds. The van der Waals surface area contributed by atoms with Gasteiger partial charge in [-0.3, -0.25) is 0 Å². The van der Waals surface area contributed by atoms with Crippen LogP contribution in [0.25, 0.3) is 55.1 Å². The fourth-order valence-electron chi connectivity index (χ4n) is 5.27. The van der Waals surface area contributed by atoms with Crippen LogP contribution in [0.2, 0.25) is 0 Å². The smallest absolute Gasteiger partial charge is 0.219 e. The minimum atomic E-state index is -0.693. The Morgan fingerprint density at radius 1 is 0.921 bits per heavy atom. The summed E-state index contributed by atoms with van der Waals surface area (Å²) in [6.45, 7) is 7.42. The Balaban J connectivity index is 1.71. The number of hydrogen-bond donors (Lipinski definition) is 0. The largest absolute Gasteiger partial charge is 0.454 e. The van der Waals surface area contributed by atoms with Crippen LogP contribution in [0.5, 0.6) is 0 Å². The van der Waals surface area contributed by atoms with Crippen molar-refractivity contribution in [2.45, 2.75) is 33.1 Å². The molecule has 0 saturated carbocycles. The molecular formula is C34H28FN2O+. The number of benzene rings is 4. The molecule has 0 radical (unpaired) electrons. The van der Waals surface area contributed by atoms with E-state index in [2.05, 4.69) is 12.1 Å². The molecule has 4 heteroatoms. The van der Waals surface area contributed by atoms with Gasteiger partial charge in [0, 0.05) is 22.4 Å². The Labute approximate surface area is 224 Å². The number of rotatable bonds is 2. The van der Waals surface area contributed by atoms with Gasteiger partial charge in [-0.05, 0) is 52.4 Å². The van der Waals surface area contributed by atoms with Gasteiger partial charge in [-0.2, -0.15) is 5.26 Å². The van der Waals surface area contributed by atoms with Gasteiger partial charge in [0.15, 0.2) is 6.17 Å². The lowest BCUT2D eigenvalue weighted by atomic mass is 9.87. The monoisotopic (exact) mass is 501 g/mol. The van der Waals surface area contributed by atoms with Crippen LogP contribution in [-0.4, -0.2) is 0 Å². The quantitative estimate of drug-likeness (QED) is 0.223. The van der Waals surface area contributed by atoms with E-state index in [4.69, 9.17) is 7.16 Å². The second-order valence-corrected chi connectivity index (χ2v) is 10.9. The minimum Gasteiger partial charge on any atom is -0.454 e.